The predicted molar refractivity (Wildman–Crippen MR) is 136 cm³/mol. The molecule has 1 saturated heterocycles. The van der Waals surface area contributed by atoms with Gasteiger partial charge in [-0.05, 0) is 54.8 Å². The fraction of sp³-hybridized carbons (Fsp3) is 0.308. The quantitative estimate of drug-likeness (QED) is 0.333. The molecule has 1 heterocycles. The molecule has 0 saturated carbocycles. The van der Waals surface area contributed by atoms with Gasteiger partial charge in [0, 0.05) is 36.3 Å². The second-order valence-corrected chi connectivity index (χ2v) is 11.5. The maximum Gasteiger partial charge on any atom is 0.421 e. The fourth-order valence-corrected chi connectivity index (χ4v) is 6.49. The maximum atomic E-state index is 14.5. The van der Waals surface area contributed by atoms with E-state index in [1.165, 1.54) is 40.7 Å². The molecule has 3 aromatic rings. The van der Waals surface area contributed by atoms with Crippen LogP contribution in [-0.2, 0) is 22.0 Å². The average Bonchev–Trinajstić information content (AvgIpc) is 2.85. The Balaban J connectivity index is 1.67. The summed E-state index contributed by atoms with van der Waals surface area (Å²) >= 11 is 4.29. The molecule has 0 radical (unpaired) electrons. The lowest BCUT2D eigenvalue weighted by Gasteiger charge is -2.42. The molecule has 5 nitrogen and oxygen atoms in total. The Morgan fingerprint density at radius 1 is 0.973 bits per heavy atom. The molecule has 0 spiro atoms. The van der Waals surface area contributed by atoms with Gasteiger partial charge in [-0.2, -0.15) is 17.5 Å². The zero-order chi connectivity index (χ0) is 27.0. The molecule has 0 aliphatic carbocycles. The molecule has 2 atom stereocenters. The van der Waals surface area contributed by atoms with Gasteiger partial charge in [-0.25, -0.2) is 12.8 Å². The van der Waals surface area contributed by atoms with Crippen LogP contribution in [0.1, 0.15) is 18.1 Å². The molecule has 1 N–H and O–H groups in total. The molecule has 0 amide bonds. The van der Waals surface area contributed by atoms with Gasteiger partial charge in [0.15, 0.2) is 5.60 Å². The highest BCUT2D eigenvalue weighted by Crippen LogP contribution is 2.39. The SMILES string of the molecule is CC(O)(c1ccc(N2CCN(S(=O)(=O)c3ccccc3S)CC2Cc2ccccc2F)cc1)C(F)(F)F. The number of nitrogens with zero attached hydrogens (tertiary/aromatic N) is 2. The maximum absolute atomic E-state index is 14.5. The van der Waals surface area contributed by atoms with Crippen molar-refractivity contribution in [3.63, 3.8) is 0 Å². The number of sulfonamides is 1. The minimum atomic E-state index is -4.86. The van der Waals surface area contributed by atoms with Crippen molar-refractivity contribution in [2.45, 2.75) is 41.0 Å². The molecule has 3 aromatic carbocycles. The van der Waals surface area contributed by atoms with E-state index in [9.17, 15) is 31.1 Å². The Kier molecular flexibility index (Phi) is 7.62. The Labute approximate surface area is 218 Å². The fourth-order valence-electron chi connectivity index (χ4n) is 4.43. The van der Waals surface area contributed by atoms with Crippen molar-refractivity contribution in [2.75, 3.05) is 24.5 Å². The average molecular weight is 555 g/mol. The van der Waals surface area contributed by atoms with E-state index >= 15 is 0 Å². The van der Waals surface area contributed by atoms with Crippen molar-refractivity contribution in [1.82, 2.24) is 4.31 Å². The summed E-state index contributed by atoms with van der Waals surface area (Å²) in [6.45, 7) is 1.05. The third-order valence-corrected chi connectivity index (χ3v) is 9.12. The molecule has 1 fully saturated rings. The van der Waals surface area contributed by atoms with Crippen LogP contribution < -0.4 is 4.90 Å². The summed E-state index contributed by atoms with van der Waals surface area (Å²) in [5.41, 5.74) is -2.41. The van der Waals surface area contributed by atoms with Crippen LogP contribution in [0.25, 0.3) is 0 Å². The van der Waals surface area contributed by atoms with Crippen LogP contribution >= 0.6 is 12.6 Å². The first-order valence-electron chi connectivity index (χ1n) is 11.5. The smallest absolute Gasteiger partial charge is 0.376 e. The van der Waals surface area contributed by atoms with E-state index in [0.29, 0.717) is 23.1 Å². The molecule has 198 valence electrons. The number of rotatable bonds is 6. The van der Waals surface area contributed by atoms with E-state index in [4.69, 9.17) is 0 Å². The van der Waals surface area contributed by atoms with Crippen LogP contribution in [-0.4, -0.2) is 49.7 Å². The number of aliphatic hydroxyl groups is 1. The van der Waals surface area contributed by atoms with Gasteiger partial charge in [0.05, 0.1) is 4.90 Å². The van der Waals surface area contributed by atoms with Crippen LogP contribution in [0, 0.1) is 5.82 Å². The number of piperazine rings is 1. The second kappa shape index (κ2) is 10.3. The minimum Gasteiger partial charge on any atom is -0.376 e. The highest BCUT2D eigenvalue weighted by Gasteiger charge is 2.51. The largest absolute Gasteiger partial charge is 0.421 e. The molecule has 2 unspecified atom stereocenters. The van der Waals surface area contributed by atoms with E-state index in [-0.39, 0.29) is 36.5 Å². The van der Waals surface area contributed by atoms with Gasteiger partial charge in [0.25, 0.3) is 0 Å². The van der Waals surface area contributed by atoms with Gasteiger partial charge in [-0.15, -0.1) is 12.6 Å². The third kappa shape index (κ3) is 5.50. The number of hydrogen-bond donors (Lipinski definition) is 2. The Hall–Kier alpha value is -2.60. The molecular formula is C26H26F4N2O3S2. The second-order valence-electron chi connectivity index (χ2n) is 9.09. The monoisotopic (exact) mass is 554 g/mol. The van der Waals surface area contributed by atoms with Crippen LogP contribution in [0.5, 0.6) is 0 Å². The standard InChI is InChI=1S/C26H26F4N2O3S2/c1-25(33,26(28,29)30)19-10-12-20(13-11-19)32-15-14-31(37(34,35)24-9-5-4-8-23(24)36)17-21(32)16-18-6-2-3-7-22(18)27/h2-13,21,33,36H,14-17H2,1H3. The number of alkyl halides is 3. The summed E-state index contributed by atoms with van der Waals surface area (Å²) < 4.78 is 82.5. The lowest BCUT2D eigenvalue weighted by Crippen LogP contribution is -2.55. The summed E-state index contributed by atoms with van der Waals surface area (Å²) in [6.07, 6.45) is -4.69. The first kappa shape index (κ1) is 27.4. The van der Waals surface area contributed by atoms with Crippen molar-refractivity contribution < 1.29 is 31.1 Å². The van der Waals surface area contributed by atoms with Crippen molar-refractivity contribution in [3.05, 3.63) is 89.7 Å². The van der Waals surface area contributed by atoms with Gasteiger partial charge in [-0.3, -0.25) is 0 Å². The lowest BCUT2D eigenvalue weighted by atomic mass is 9.94. The predicted octanol–water partition coefficient (Wildman–Crippen LogP) is 5.01. The highest BCUT2D eigenvalue weighted by molar-refractivity contribution is 7.90. The first-order chi connectivity index (χ1) is 17.3. The van der Waals surface area contributed by atoms with E-state index in [2.05, 4.69) is 12.6 Å². The Morgan fingerprint density at radius 3 is 2.22 bits per heavy atom. The van der Waals surface area contributed by atoms with Gasteiger partial charge in [-0.1, -0.05) is 42.5 Å². The van der Waals surface area contributed by atoms with Gasteiger partial charge in [0.2, 0.25) is 10.0 Å². The molecule has 0 bridgehead atoms. The summed E-state index contributed by atoms with van der Waals surface area (Å²) in [6, 6.07) is 17.3. The van der Waals surface area contributed by atoms with Crippen LogP contribution in [0.3, 0.4) is 0 Å². The van der Waals surface area contributed by atoms with E-state index in [1.807, 2.05) is 4.90 Å². The summed E-state index contributed by atoms with van der Waals surface area (Å²) in [5, 5.41) is 10.00. The Morgan fingerprint density at radius 2 is 1.59 bits per heavy atom. The van der Waals surface area contributed by atoms with Gasteiger partial charge >= 0.3 is 6.18 Å². The van der Waals surface area contributed by atoms with Gasteiger partial charge < -0.3 is 10.0 Å². The normalized spacial score (nSPS) is 19.0. The highest BCUT2D eigenvalue weighted by atomic mass is 32.2. The van der Waals surface area contributed by atoms with E-state index < -0.39 is 33.7 Å². The number of anilines is 1. The number of benzene rings is 3. The van der Waals surface area contributed by atoms with Crippen LogP contribution in [0.2, 0.25) is 0 Å². The summed E-state index contributed by atoms with van der Waals surface area (Å²) in [5.74, 6) is -0.431. The number of hydrogen-bond acceptors (Lipinski definition) is 5. The molecule has 37 heavy (non-hydrogen) atoms. The van der Waals surface area contributed by atoms with E-state index in [1.54, 1.807) is 36.4 Å². The van der Waals surface area contributed by atoms with Crippen LogP contribution in [0.15, 0.2) is 82.6 Å². The molecular weight excluding hydrogens is 528 g/mol. The third-order valence-electron chi connectivity index (χ3n) is 6.65. The van der Waals surface area contributed by atoms with Crippen molar-refractivity contribution in [1.29, 1.82) is 0 Å². The van der Waals surface area contributed by atoms with Crippen molar-refractivity contribution >= 4 is 28.3 Å². The molecule has 1 aliphatic rings. The zero-order valence-electron chi connectivity index (χ0n) is 19.9. The first-order valence-corrected chi connectivity index (χ1v) is 13.4. The summed E-state index contributed by atoms with van der Waals surface area (Å²) in [4.78, 5) is 2.23. The molecule has 4 rings (SSSR count). The van der Waals surface area contributed by atoms with E-state index in [0.717, 1.165) is 0 Å². The lowest BCUT2D eigenvalue weighted by molar-refractivity contribution is -0.258. The number of halogens is 4. The zero-order valence-corrected chi connectivity index (χ0v) is 21.6. The topological polar surface area (TPSA) is 60.9 Å². The van der Waals surface area contributed by atoms with Gasteiger partial charge in [0.1, 0.15) is 5.82 Å². The molecule has 0 aromatic heterocycles. The van der Waals surface area contributed by atoms with Crippen molar-refractivity contribution in [2.24, 2.45) is 0 Å². The molecule has 11 heteroatoms. The Bertz CT molecular complexity index is 1360. The minimum absolute atomic E-state index is 0.0286. The number of thiol groups is 1. The summed E-state index contributed by atoms with van der Waals surface area (Å²) in [7, 11) is -3.90. The van der Waals surface area contributed by atoms with Crippen molar-refractivity contribution in [3.8, 4) is 0 Å². The molecule has 1 aliphatic heterocycles. The van der Waals surface area contributed by atoms with Crippen LogP contribution in [0.4, 0.5) is 23.2 Å².